The van der Waals surface area contributed by atoms with Crippen molar-refractivity contribution >= 4 is 12.4 Å². The molecule has 0 unspecified atom stereocenters. The number of piperazine rings is 1. The highest BCUT2D eigenvalue weighted by Gasteiger charge is 2.19. The largest absolute Gasteiger partial charge is 0.314 e. The highest BCUT2D eigenvalue weighted by atomic mass is 35.5. The fourth-order valence-corrected chi connectivity index (χ4v) is 2.34. The van der Waals surface area contributed by atoms with Crippen LogP contribution < -0.4 is 5.32 Å². The summed E-state index contributed by atoms with van der Waals surface area (Å²) in [6.07, 6.45) is 0. The van der Waals surface area contributed by atoms with E-state index in [2.05, 4.69) is 17.1 Å². The van der Waals surface area contributed by atoms with Crippen molar-refractivity contribution in [1.29, 1.82) is 0 Å². The van der Waals surface area contributed by atoms with Gasteiger partial charge in [-0.05, 0) is 31.0 Å². The van der Waals surface area contributed by atoms with Gasteiger partial charge in [-0.15, -0.1) is 12.4 Å². The molecule has 96 valence electrons. The second-order valence-corrected chi connectivity index (χ2v) is 4.42. The van der Waals surface area contributed by atoms with Gasteiger partial charge in [0.1, 0.15) is 5.82 Å². The fraction of sp³-hybridized carbons (Fsp3) is 0.538. The topological polar surface area (TPSA) is 15.3 Å². The molecule has 0 bridgehead atoms. The fourth-order valence-electron chi connectivity index (χ4n) is 2.34. The van der Waals surface area contributed by atoms with Crippen molar-refractivity contribution < 1.29 is 4.39 Å². The minimum Gasteiger partial charge on any atom is -0.314 e. The van der Waals surface area contributed by atoms with E-state index in [-0.39, 0.29) is 18.2 Å². The van der Waals surface area contributed by atoms with E-state index in [1.165, 1.54) is 6.07 Å². The molecule has 1 saturated heterocycles. The lowest BCUT2D eigenvalue weighted by molar-refractivity contribution is 0.185. The molecule has 17 heavy (non-hydrogen) atoms. The molecule has 1 aromatic carbocycles. The maximum Gasteiger partial charge on any atom is 0.126 e. The number of benzene rings is 1. The Labute approximate surface area is 109 Å². The highest BCUT2D eigenvalue weighted by molar-refractivity contribution is 5.85. The number of hydrogen-bond acceptors (Lipinski definition) is 2. The van der Waals surface area contributed by atoms with Crippen molar-refractivity contribution in [3.05, 3.63) is 35.1 Å². The van der Waals surface area contributed by atoms with E-state index in [1.807, 2.05) is 13.0 Å². The zero-order valence-electron chi connectivity index (χ0n) is 10.4. The quantitative estimate of drug-likeness (QED) is 0.877. The monoisotopic (exact) mass is 258 g/mol. The third-order valence-corrected chi connectivity index (χ3v) is 3.46. The molecule has 4 heteroatoms. The van der Waals surface area contributed by atoms with Crippen LogP contribution in [0.5, 0.6) is 0 Å². The van der Waals surface area contributed by atoms with Gasteiger partial charge in [-0.3, -0.25) is 4.90 Å². The first kappa shape index (κ1) is 14.4. The summed E-state index contributed by atoms with van der Waals surface area (Å²) < 4.78 is 13.5. The third-order valence-electron chi connectivity index (χ3n) is 3.46. The highest BCUT2D eigenvalue weighted by Crippen LogP contribution is 2.24. The predicted octanol–water partition coefficient (Wildman–Crippen LogP) is 2.52. The molecule has 0 amide bonds. The molecule has 2 rings (SSSR count). The first-order valence-electron chi connectivity index (χ1n) is 5.90. The van der Waals surface area contributed by atoms with Gasteiger partial charge in [0.15, 0.2) is 0 Å². The summed E-state index contributed by atoms with van der Waals surface area (Å²) in [5.74, 6) is -0.0977. The molecule has 0 radical (unpaired) electrons. The average molecular weight is 259 g/mol. The van der Waals surface area contributed by atoms with Crippen LogP contribution in [-0.4, -0.2) is 31.1 Å². The third kappa shape index (κ3) is 3.18. The Morgan fingerprint density at radius 3 is 2.59 bits per heavy atom. The van der Waals surface area contributed by atoms with Crippen LogP contribution >= 0.6 is 12.4 Å². The standard InChI is InChI=1S/C13H19FN2.ClH/c1-10-12(4-3-5-13(10)14)11(2)16-8-6-15-7-9-16;/h3-5,11,15H,6-9H2,1-2H3;1H/t11-;/m0./s1. The Hall–Kier alpha value is -0.640. The van der Waals surface area contributed by atoms with Gasteiger partial charge in [-0.2, -0.15) is 0 Å². The van der Waals surface area contributed by atoms with Gasteiger partial charge >= 0.3 is 0 Å². The molecule has 1 aliphatic heterocycles. The summed E-state index contributed by atoms with van der Waals surface area (Å²) in [6.45, 7) is 8.15. The van der Waals surface area contributed by atoms with Crippen LogP contribution in [0.4, 0.5) is 4.39 Å². The van der Waals surface area contributed by atoms with Crippen LogP contribution in [0.2, 0.25) is 0 Å². The summed E-state index contributed by atoms with van der Waals surface area (Å²) in [7, 11) is 0. The average Bonchev–Trinajstić information content (AvgIpc) is 2.33. The van der Waals surface area contributed by atoms with Crippen molar-refractivity contribution in [2.75, 3.05) is 26.2 Å². The second kappa shape index (κ2) is 6.34. The summed E-state index contributed by atoms with van der Waals surface area (Å²) in [4.78, 5) is 2.40. The lowest BCUT2D eigenvalue weighted by atomic mass is 10.0. The maximum atomic E-state index is 13.5. The first-order valence-corrected chi connectivity index (χ1v) is 5.90. The van der Waals surface area contributed by atoms with Gasteiger partial charge in [-0.1, -0.05) is 12.1 Å². The van der Waals surface area contributed by atoms with Gasteiger partial charge in [0.25, 0.3) is 0 Å². The van der Waals surface area contributed by atoms with E-state index in [1.54, 1.807) is 6.07 Å². The minimum atomic E-state index is -0.0977. The zero-order valence-corrected chi connectivity index (χ0v) is 11.2. The van der Waals surface area contributed by atoms with Gasteiger partial charge in [0, 0.05) is 32.2 Å². The lowest BCUT2D eigenvalue weighted by Gasteiger charge is -2.33. The Bertz CT molecular complexity index is 364. The Morgan fingerprint density at radius 1 is 1.29 bits per heavy atom. The van der Waals surface area contributed by atoms with Crippen LogP contribution in [-0.2, 0) is 0 Å². The van der Waals surface area contributed by atoms with Crippen molar-refractivity contribution in [1.82, 2.24) is 10.2 Å². The molecule has 0 saturated carbocycles. The van der Waals surface area contributed by atoms with E-state index < -0.39 is 0 Å². The van der Waals surface area contributed by atoms with Crippen LogP contribution in [0.25, 0.3) is 0 Å². The molecule has 0 spiro atoms. The smallest absolute Gasteiger partial charge is 0.126 e. The van der Waals surface area contributed by atoms with Gasteiger partial charge < -0.3 is 5.32 Å². The summed E-state index contributed by atoms with van der Waals surface area (Å²) in [5.41, 5.74) is 1.90. The zero-order chi connectivity index (χ0) is 11.5. The SMILES string of the molecule is Cc1c(F)cccc1[C@H](C)N1CCNCC1.Cl. The molecule has 1 aliphatic rings. The number of hydrogen-bond donors (Lipinski definition) is 1. The summed E-state index contributed by atoms with van der Waals surface area (Å²) in [5, 5.41) is 3.33. The molecular formula is C13H20ClFN2. The molecular weight excluding hydrogens is 239 g/mol. The van der Waals surface area contributed by atoms with Gasteiger partial charge in [-0.25, -0.2) is 4.39 Å². The normalized spacial score (nSPS) is 18.5. The van der Waals surface area contributed by atoms with E-state index in [0.717, 1.165) is 37.3 Å². The minimum absolute atomic E-state index is 0. The Balaban J connectivity index is 0.00000144. The first-order chi connectivity index (χ1) is 7.70. The number of nitrogens with zero attached hydrogens (tertiary/aromatic N) is 1. The Kier molecular flexibility index (Phi) is 5.37. The molecule has 1 aromatic rings. The van der Waals surface area contributed by atoms with Crippen LogP contribution in [0, 0.1) is 12.7 Å². The van der Waals surface area contributed by atoms with Gasteiger partial charge in [0.2, 0.25) is 0 Å². The van der Waals surface area contributed by atoms with E-state index in [4.69, 9.17) is 0 Å². The molecule has 1 atom stereocenters. The molecule has 1 N–H and O–H groups in total. The van der Waals surface area contributed by atoms with Crippen LogP contribution in [0.15, 0.2) is 18.2 Å². The lowest BCUT2D eigenvalue weighted by Crippen LogP contribution is -2.44. The van der Waals surface area contributed by atoms with Crippen molar-refractivity contribution in [2.24, 2.45) is 0 Å². The van der Waals surface area contributed by atoms with Crippen molar-refractivity contribution in [3.8, 4) is 0 Å². The Morgan fingerprint density at radius 2 is 1.94 bits per heavy atom. The number of nitrogens with one attached hydrogen (secondary N) is 1. The van der Waals surface area contributed by atoms with Crippen molar-refractivity contribution in [3.63, 3.8) is 0 Å². The van der Waals surface area contributed by atoms with Gasteiger partial charge in [0.05, 0.1) is 0 Å². The second-order valence-electron chi connectivity index (χ2n) is 4.42. The van der Waals surface area contributed by atoms with Crippen LogP contribution in [0.3, 0.4) is 0 Å². The summed E-state index contributed by atoms with van der Waals surface area (Å²) in [6, 6.07) is 5.67. The summed E-state index contributed by atoms with van der Waals surface area (Å²) >= 11 is 0. The van der Waals surface area contributed by atoms with E-state index in [0.29, 0.717) is 6.04 Å². The van der Waals surface area contributed by atoms with Crippen molar-refractivity contribution in [2.45, 2.75) is 19.9 Å². The predicted molar refractivity (Wildman–Crippen MR) is 71.2 cm³/mol. The van der Waals surface area contributed by atoms with E-state index >= 15 is 0 Å². The number of halogens is 2. The van der Waals surface area contributed by atoms with E-state index in [9.17, 15) is 4.39 Å². The molecule has 0 aliphatic carbocycles. The molecule has 1 heterocycles. The maximum absolute atomic E-state index is 13.5. The molecule has 2 nitrogen and oxygen atoms in total. The number of rotatable bonds is 2. The molecule has 0 aromatic heterocycles. The van der Waals surface area contributed by atoms with Crippen LogP contribution in [0.1, 0.15) is 24.1 Å². The molecule has 1 fully saturated rings.